The Bertz CT molecular complexity index is 1520. The first-order valence-electron chi connectivity index (χ1n) is 10.4. The molecule has 1 N–H and O–H groups in total. The molecule has 0 saturated heterocycles. The van der Waals surface area contributed by atoms with Gasteiger partial charge in [0.25, 0.3) is 5.56 Å². The summed E-state index contributed by atoms with van der Waals surface area (Å²) in [5, 5.41) is 21.8. The summed E-state index contributed by atoms with van der Waals surface area (Å²) in [7, 11) is 3.53. The Labute approximate surface area is 195 Å². The first kappa shape index (κ1) is 21.1. The molecule has 0 aliphatic carbocycles. The van der Waals surface area contributed by atoms with Crippen molar-refractivity contribution in [1.82, 2.24) is 19.3 Å². The summed E-state index contributed by atoms with van der Waals surface area (Å²) in [6, 6.07) is 24.0. The van der Waals surface area contributed by atoms with Gasteiger partial charge in [-0.2, -0.15) is 0 Å². The summed E-state index contributed by atoms with van der Waals surface area (Å²) in [6.45, 7) is 0. The fourth-order valence-electron chi connectivity index (χ4n) is 4.27. The Kier molecular flexibility index (Phi) is 5.12. The number of halogens is 1. The topological polar surface area (TPSA) is 72.9 Å². The first-order valence-corrected chi connectivity index (χ1v) is 10.8. The number of fused-ring (bicyclic) bond motifs is 1. The van der Waals surface area contributed by atoms with Crippen molar-refractivity contribution in [1.29, 1.82) is 0 Å². The van der Waals surface area contributed by atoms with Gasteiger partial charge in [-0.05, 0) is 46.5 Å². The van der Waals surface area contributed by atoms with Crippen LogP contribution in [0.2, 0.25) is 5.02 Å². The fraction of sp³-hybridized carbons (Fsp3) is 0.115. The Balaban J connectivity index is 1.84. The normalized spacial score (nSPS) is 13.2. The van der Waals surface area contributed by atoms with Gasteiger partial charge in [-0.1, -0.05) is 60.1 Å². The number of aromatic nitrogens is 4. The van der Waals surface area contributed by atoms with Crippen molar-refractivity contribution in [2.24, 2.45) is 14.1 Å². The van der Waals surface area contributed by atoms with Gasteiger partial charge in [-0.25, -0.2) is 0 Å². The minimum absolute atomic E-state index is 0.102. The van der Waals surface area contributed by atoms with E-state index in [0.717, 1.165) is 22.0 Å². The third-order valence-corrected chi connectivity index (χ3v) is 6.30. The van der Waals surface area contributed by atoms with E-state index in [1.807, 2.05) is 48.5 Å². The molecule has 33 heavy (non-hydrogen) atoms. The number of aryl methyl sites for hydroxylation is 2. The summed E-state index contributed by atoms with van der Waals surface area (Å²) in [5.41, 5.74) is 2.00. The Morgan fingerprint density at radius 3 is 2.27 bits per heavy atom. The number of benzene rings is 3. The lowest BCUT2D eigenvalue weighted by atomic mass is 9.84. The molecule has 0 radical (unpaired) electrons. The fourth-order valence-corrected chi connectivity index (χ4v) is 4.40. The molecular weight excluding hydrogens is 436 g/mol. The van der Waals surface area contributed by atoms with Gasteiger partial charge in [0, 0.05) is 30.6 Å². The molecule has 7 heteroatoms. The average molecular weight is 457 g/mol. The molecule has 1 unspecified atom stereocenters. The van der Waals surface area contributed by atoms with Gasteiger partial charge in [0.15, 0.2) is 11.4 Å². The molecule has 3 aromatic carbocycles. The Morgan fingerprint density at radius 2 is 1.61 bits per heavy atom. The molecule has 0 saturated carbocycles. The lowest BCUT2D eigenvalue weighted by Crippen LogP contribution is -2.32. The number of rotatable bonds is 4. The van der Waals surface area contributed by atoms with E-state index in [0.29, 0.717) is 22.0 Å². The second-order valence-electron chi connectivity index (χ2n) is 8.04. The van der Waals surface area contributed by atoms with E-state index in [-0.39, 0.29) is 5.56 Å². The molecule has 5 rings (SSSR count). The molecular formula is C26H21ClN4O2. The maximum absolute atomic E-state index is 12.7. The van der Waals surface area contributed by atoms with Crippen LogP contribution >= 0.6 is 11.6 Å². The van der Waals surface area contributed by atoms with Crippen LogP contribution < -0.4 is 5.56 Å². The van der Waals surface area contributed by atoms with Crippen molar-refractivity contribution < 1.29 is 5.11 Å². The van der Waals surface area contributed by atoms with E-state index in [2.05, 4.69) is 10.2 Å². The Hall–Kier alpha value is -3.74. The van der Waals surface area contributed by atoms with Crippen molar-refractivity contribution >= 4 is 22.5 Å². The quantitative estimate of drug-likeness (QED) is 0.438. The standard InChI is InChI=1S/C26H21ClN4O2/c1-30-16-28-29-25(30)26(33,18-8-11-20(27)12-9-18)19-10-13-23-22(14-19)21(15-24(32)31(23)2)17-6-4-3-5-7-17/h3-16,33H,1-2H3. The summed E-state index contributed by atoms with van der Waals surface area (Å²) in [4.78, 5) is 12.7. The monoisotopic (exact) mass is 456 g/mol. The van der Waals surface area contributed by atoms with Gasteiger partial charge in [-0.15, -0.1) is 10.2 Å². The molecule has 164 valence electrons. The van der Waals surface area contributed by atoms with Gasteiger partial charge < -0.3 is 14.2 Å². The van der Waals surface area contributed by atoms with Crippen molar-refractivity contribution in [3.05, 3.63) is 118 Å². The molecule has 0 aliphatic heterocycles. The zero-order chi connectivity index (χ0) is 23.2. The molecule has 5 aromatic rings. The Morgan fingerprint density at radius 1 is 0.909 bits per heavy atom. The van der Waals surface area contributed by atoms with E-state index in [1.165, 1.54) is 0 Å². The van der Waals surface area contributed by atoms with Crippen molar-refractivity contribution in [2.45, 2.75) is 5.60 Å². The van der Waals surface area contributed by atoms with Crippen molar-refractivity contribution in [3.8, 4) is 11.1 Å². The second-order valence-corrected chi connectivity index (χ2v) is 8.47. The molecule has 0 bridgehead atoms. The van der Waals surface area contributed by atoms with Gasteiger partial charge in [-0.3, -0.25) is 4.79 Å². The maximum atomic E-state index is 12.7. The average Bonchev–Trinajstić information content (AvgIpc) is 3.28. The highest BCUT2D eigenvalue weighted by Gasteiger charge is 2.38. The predicted molar refractivity (Wildman–Crippen MR) is 129 cm³/mol. The third-order valence-electron chi connectivity index (χ3n) is 6.05. The van der Waals surface area contributed by atoms with Crippen LogP contribution in [-0.2, 0) is 19.7 Å². The van der Waals surface area contributed by atoms with E-state index >= 15 is 0 Å². The van der Waals surface area contributed by atoms with E-state index in [9.17, 15) is 9.90 Å². The molecule has 6 nitrogen and oxygen atoms in total. The lowest BCUT2D eigenvalue weighted by molar-refractivity contribution is 0.112. The van der Waals surface area contributed by atoms with E-state index in [1.54, 1.807) is 59.9 Å². The minimum atomic E-state index is -1.59. The van der Waals surface area contributed by atoms with Crippen LogP contribution in [0, 0.1) is 0 Å². The van der Waals surface area contributed by atoms with Gasteiger partial charge in [0.1, 0.15) is 6.33 Å². The summed E-state index contributed by atoms with van der Waals surface area (Å²) in [6.07, 6.45) is 1.55. The highest BCUT2D eigenvalue weighted by Crippen LogP contribution is 2.38. The zero-order valence-electron chi connectivity index (χ0n) is 18.1. The highest BCUT2D eigenvalue weighted by atomic mass is 35.5. The van der Waals surface area contributed by atoms with Crippen molar-refractivity contribution in [3.63, 3.8) is 0 Å². The van der Waals surface area contributed by atoms with Crippen LogP contribution in [0.15, 0.2) is 90.0 Å². The van der Waals surface area contributed by atoms with Crippen LogP contribution in [0.25, 0.3) is 22.0 Å². The second kappa shape index (κ2) is 7.99. The molecule has 0 amide bonds. The number of pyridine rings is 1. The largest absolute Gasteiger partial charge is 0.373 e. The van der Waals surface area contributed by atoms with E-state index in [4.69, 9.17) is 11.6 Å². The van der Waals surface area contributed by atoms with Gasteiger partial charge >= 0.3 is 0 Å². The number of hydrogen-bond acceptors (Lipinski definition) is 4. The molecule has 1 atom stereocenters. The molecule has 2 aromatic heterocycles. The van der Waals surface area contributed by atoms with Crippen LogP contribution in [0.4, 0.5) is 0 Å². The first-order chi connectivity index (χ1) is 15.9. The third kappa shape index (κ3) is 3.44. The van der Waals surface area contributed by atoms with Gasteiger partial charge in [0.2, 0.25) is 0 Å². The number of aliphatic hydroxyl groups is 1. The molecule has 0 fully saturated rings. The van der Waals surface area contributed by atoms with E-state index < -0.39 is 5.60 Å². The summed E-state index contributed by atoms with van der Waals surface area (Å²) in [5.74, 6) is 0.371. The number of nitrogens with zero attached hydrogens (tertiary/aromatic N) is 4. The number of hydrogen-bond donors (Lipinski definition) is 1. The molecule has 0 spiro atoms. The smallest absolute Gasteiger partial charge is 0.251 e. The van der Waals surface area contributed by atoms with Crippen LogP contribution in [0.5, 0.6) is 0 Å². The SMILES string of the molecule is Cn1cnnc1C(O)(c1ccc(Cl)cc1)c1ccc2c(c1)c(-c1ccccc1)cc(=O)n2C. The van der Waals surface area contributed by atoms with Crippen LogP contribution in [-0.4, -0.2) is 24.4 Å². The van der Waals surface area contributed by atoms with Crippen LogP contribution in [0.1, 0.15) is 17.0 Å². The lowest BCUT2D eigenvalue weighted by Gasteiger charge is -2.29. The summed E-state index contributed by atoms with van der Waals surface area (Å²) >= 11 is 6.12. The van der Waals surface area contributed by atoms with Gasteiger partial charge in [0.05, 0.1) is 5.52 Å². The minimum Gasteiger partial charge on any atom is -0.373 e. The zero-order valence-corrected chi connectivity index (χ0v) is 18.9. The molecule has 0 aliphatic rings. The van der Waals surface area contributed by atoms with Crippen molar-refractivity contribution in [2.75, 3.05) is 0 Å². The maximum Gasteiger partial charge on any atom is 0.251 e. The summed E-state index contributed by atoms with van der Waals surface area (Å²) < 4.78 is 3.30. The molecule has 2 heterocycles. The highest BCUT2D eigenvalue weighted by molar-refractivity contribution is 6.30. The van der Waals surface area contributed by atoms with Crippen LogP contribution in [0.3, 0.4) is 0 Å². The predicted octanol–water partition coefficient (Wildman–Crippen LogP) is 4.27.